The summed E-state index contributed by atoms with van der Waals surface area (Å²) >= 11 is 8.85. The number of benzene rings is 1. The standard InChI is InChI=1S/C14H8Br2IN3O/c15-8-6-9(21-12(8)16)14-19-11(10(17)13(18)20-14)7-4-2-1-3-5-7/h1-6H,(H2,18,19,20). The number of hydrogen-bond acceptors (Lipinski definition) is 4. The Kier molecular flexibility index (Phi) is 4.32. The SMILES string of the molecule is Nc1nc(-c2cc(Br)c(Br)o2)nc(-c2ccccc2)c1I. The molecule has 0 saturated carbocycles. The topological polar surface area (TPSA) is 64.9 Å². The monoisotopic (exact) mass is 519 g/mol. The van der Waals surface area contributed by atoms with Crippen molar-refractivity contribution >= 4 is 60.3 Å². The molecule has 3 aromatic rings. The fraction of sp³-hybridized carbons (Fsp3) is 0. The molecule has 0 aliphatic heterocycles. The van der Waals surface area contributed by atoms with Crippen molar-refractivity contribution in [1.29, 1.82) is 0 Å². The first-order valence-corrected chi connectivity index (χ1v) is 8.56. The first-order valence-electron chi connectivity index (χ1n) is 5.90. The summed E-state index contributed by atoms with van der Waals surface area (Å²) in [7, 11) is 0. The maximum atomic E-state index is 6.02. The predicted molar refractivity (Wildman–Crippen MR) is 97.7 cm³/mol. The minimum Gasteiger partial charge on any atom is -0.445 e. The number of nitrogen functional groups attached to an aromatic ring is 1. The second kappa shape index (κ2) is 6.05. The molecule has 2 aromatic heterocycles. The molecule has 2 heterocycles. The molecule has 0 aliphatic carbocycles. The highest BCUT2D eigenvalue weighted by molar-refractivity contribution is 14.1. The minimum atomic E-state index is 0.433. The van der Waals surface area contributed by atoms with Crippen LogP contribution in [0, 0.1) is 3.57 Å². The molecule has 7 heteroatoms. The van der Waals surface area contributed by atoms with Crippen molar-refractivity contribution in [2.45, 2.75) is 0 Å². The minimum absolute atomic E-state index is 0.433. The summed E-state index contributed by atoms with van der Waals surface area (Å²) in [4.78, 5) is 8.90. The van der Waals surface area contributed by atoms with Gasteiger partial charge in [0.15, 0.2) is 16.3 Å². The third-order valence-electron chi connectivity index (χ3n) is 2.79. The van der Waals surface area contributed by atoms with Gasteiger partial charge in [-0.15, -0.1) is 0 Å². The van der Waals surface area contributed by atoms with Gasteiger partial charge in [0.1, 0.15) is 5.82 Å². The Morgan fingerprint density at radius 3 is 2.43 bits per heavy atom. The van der Waals surface area contributed by atoms with E-state index in [1.807, 2.05) is 30.3 Å². The number of anilines is 1. The van der Waals surface area contributed by atoms with Gasteiger partial charge in [0.05, 0.1) is 13.7 Å². The zero-order valence-corrected chi connectivity index (χ0v) is 15.8. The van der Waals surface area contributed by atoms with Crippen LogP contribution in [-0.2, 0) is 0 Å². The number of halogens is 3. The van der Waals surface area contributed by atoms with E-state index >= 15 is 0 Å². The second-order valence-electron chi connectivity index (χ2n) is 4.19. The first kappa shape index (κ1) is 15.0. The van der Waals surface area contributed by atoms with E-state index in [9.17, 15) is 0 Å². The molecule has 0 unspecified atom stereocenters. The van der Waals surface area contributed by atoms with E-state index < -0.39 is 0 Å². The van der Waals surface area contributed by atoms with E-state index in [0.29, 0.717) is 22.1 Å². The lowest BCUT2D eigenvalue weighted by atomic mass is 10.1. The zero-order valence-electron chi connectivity index (χ0n) is 10.5. The first-order chi connectivity index (χ1) is 10.1. The maximum Gasteiger partial charge on any atom is 0.198 e. The van der Waals surface area contributed by atoms with Gasteiger partial charge >= 0.3 is 0 Å². The Labute approximate surface area is 151 Å². The van der Waals surface area contributed by atoms with Crippen LogP contribution < -0.4 is 5.73 Å². The summed E-state index contributed by atoms with van der Waals surface area (Å²) in [5.41, 5.74) is 7.80. The lowest BCUT2D eigenvalue weighted by molar-refractivity contribution is 0.549. The molecule has 0 aliphatic rings. The van der Waals surface area contributed by atoms with Gasteiger partial charge in [-0.05, 0) is 54.5 Å². The lowest BCUT2D eigenvalue weighted by Crippen LogP contribution is -2.02. The van der Waals surface area contributed by atoms with Gasteiger partial charge in [-0.1, -0.05) is 30.3 Å². The van der Waals surface area contributed by atoms with Gasteiger partial charge in [0.25, 0.3) is 0 Å². The number of rotatable bonds is 2. The Morgan fingerprint density at radius 1 is 1.10 bits per heavy atom. The van der Waals surface area contributed by atoms with Crippen LogP contribution in [0.2, 0.25) is 0 Å². The molecule has 21 heavy (non-hydrogen) atoms. The van der Waals surface area contributed by atoms with E-state index in [4.69, 9.17) is 10.2 Å². The Balaban J connectivity index is 2.18. The fourth-order valence-electron chi connectivity index (χ4n) is 1.82. The average Bonchev–Trinajstić information content (AvgIpc) is 2.82. The molecule has 0 spiro atoms. The average molecular weight is 521 g/mol. The van der Waals surface area contributed by atoms with Crippen molar-refractivity contribution in [2.24, 2.45) is 0 Å². The smallest absolute Gasteiger partial charge is 0.198 e. The number of aromatic nitrogens is 2. The quantitative estimate of drug-likeness (QED) is 0.477. The molecule has 0 atom stereocenters. The van der Waals surface area contributed by atoms with Crippen LogP contribution in [0.3, 0.4) is 0 Å². The molecule has 0 fully saturated rings. The second-order valence-corrected chi connectivity index (χ2v) is 6.85. The van der Waals surface area contributed by atoms with E-state index in [2.05, 4.69) is 64.4 Å². The molecule has 0 amide bonds. The van der Waals surface area contributed by atoms with Crippen molar-refractivity contribution in [2.75, 3.05) is 5.73 Å². The van der Waals surface area contributed by atoms with E-state index in [1.165, 1.54) is 0 Å². The Morgan fingerprint density at radius 2 is 1.81 bits per heavy atom. The van der Waals surface area contributed by atoms with Gasteiger partial charge in [-0.3, -0.25) is 0 Å². The molecular weight excluding hydrogens is 513 g/mol. The highest BCUT2D eigenvalue weighted by Gasteiger charge is 2.16. The number of furan rings is 1. The lowest BCUT2D eigenvalue weighted by Gasteiger charge is -2.08. The van der Waals surface area contributed by atoms with Crippen LogP contribution in [0.5, 0.6) is 0 Å². The Hall–Kier alpha value is -0.930. The van der Waals surface area contributed by atoms with E-state index in [-0.39, 0.29) is 0 Å². The molecule has 0 radical (unpaired) electrons. The van der Waals surface area contributed by atoms with Crippen molar-refractivity contribution in [3.8, 4) is 22.8 Å². The predicted octanol–water partition coefficient (Wildman–Crippen LogP) is 5.12. The van der Waals surface area contributed by atoms with Gasteiger partial charge < -0.3 is 10.2 Å². The maximum absolute atomic E-state index is 6.02. The third kappa shape index (κ3) is 3.00. The van der Waals surface area contributed by atoms with Gasteiger partial charge in [0, 0.05) is 11.6 Å². The largest absolute Gasteiger partial charge is 0.445 e. The molecular formula is C14H8Br2IN3O. The van der Waals surface area contributed by atoms with E-state index in [0.717, 1.165) is 19.3 Å². The third-order valence-corrected chi connectivity index (χ3v) is 5.56. The van der Waals surface area contributed by atoms with Crippen LogP contribution in [0.1, 0.15) is 0 Å². The highest BCUT2D eigenvalue weighted by atomic mass is 127. The van der Waals surface area contributed by atoms with Gasteiger partial charge in [0.2, 0.25) is 0 Å². The molecule has 4 nitrogen and oxygen atoms in total. The summed E-state index contributed by atoms with van der Waals surface area (Å²) < 4.78 is 7.80. The molecule has 0 saturated heterocycles. The summed E-state index contributed by atoms with van der Waals surface area (Å²) in [5.74, 6) is 1.44. The van der Waals surface area contributed by atoms with Crippen molar-refractivity contribution in [3.63, 3.8) is 0 Å². The molecule has 0 bridgehead atoms. The summed E-state index contributed by atoms with van der Waals surface area (Å²) in [6.45, 7) is 0. The summed E-state index contributed by atoms with van der Waals surface area (Å²) in [6, 6.07) is 11.7. The van der Waals surface area contributed by atoms with Crippen molar-refractivity contribution in [3.05, 3.63) is 49.1 Å². The summed E-state index contributed by atoms with van der Waals surface area (Å²) in [5, 5.41) is 0. The number of nitrogens with two attached hydrogens (primary N) is 1. The normalized spacial score (nSPS) is 10.8. The Bertz CT molecular complexity index is 786. The molecule has 106 valence electrons. The number of hydrogen-bond donors (Lipinski definition) is 1. The van der Waals surface area contributed by atoms with Crippen molar-refractivity contribution in [1.82, 2.24) is 9.97 Å². The molecule has 2 N–H and O–H groups in total. The molecule has 1 aromatic carbocycles. The van der Waals surface area contributed by atoms with E-state index in [1.54, 1.807) is 6.07 Å². The van der Waals surface area contributed by atoms with Crippen LogP contribution in [0.15, 0.2) is 50.0 Å². The molecule has 3 rings (SSSR count). The highest BCUT2D eigenvalue weighted by Crippen LogP contribution is 2.34. The van der Waals surface area contributed by atoms with Crippen LogP contribution in [-0.4, -0.2) is 9.97 Å². The van der Waals surface area contributed by atoms with Crippen LogP contribution in [0.25, 0.3) is 22.8 Å². The van der Waals surface area contributed by atoms with Gasteiger partial charge in [-0.2, -0.15) is 0 Å². The van der Waals surface area contributed by atoms with Crippen LogP contribution >= 0.6 is 54.5 Å². The fourth-order valence-corrected chi connectivity index (χ4v) is 2.95. The number of nitrogens with zero attached hydrogens (tertiary/aromatic N) is 2. The van der Waals surface area contributed by atoms with Crippen LogP contribution in [0.4, 0.5) is 5.82 Å². The summed E-state index contributed by atoms with van der Waals surface area (Å²) in [6.07, 6.45) is 0. The van der Waals surface area contributed by atoms with Crippen molar-refractivity contribution < 1.29 is 4.42 Å². The zero-order chi connectivity index (χ0) is 15.0. The van der Waals surface area contributed by atoms with Gasteiger partial charge in [-0.25, -0.2) is 9.97 Å².